The lowest BCUT2D eigenvalue weighted by molar-refractivity contribution is 0.669. The molecule has 10 aromatic rings. The van der Waals surface area contributed by atoms with Gasteiger partial charge >= 0.3 is 0 Å². The third kappa shape index (κ3) is 4.52. The Morgan fingerprint density at radius 1 is 0.400 bits per heavy atom. The van der Waals surface area contributed by atoms with Gasteiger partial charge in [0.05, 0.1) is 22.1 Å². The Labute approximate surface area is 287 Å². The third-order valence-electron chi connectivity index (χ3n) is 9.44. The molecule has 0 aliphatic carbocycles. The highest BCUT2D eigenvalue weighted by Crippen LogP contribution is 2.43. The number of hydrogen-bond donors (Lipinski definition) is 0. The van der Waals surface area contributed by atoms with Crippen LogP contribution in [-0.2, 0) is 0 Å². The van der Waals surface area contributed by atoms with Crippen LogP contribution in [0, 0.1) is 0 Å². The molecule has 5 nitrogen and oxygen atoms in total. The summed E-state index contributed by atoms with van der Waals surface area (Å²) in [5.74, 6) is 1.80. The van der Waals surface area contributed by atoms with Crippen LogP contribution in [0.15, 0.2) is 174 Å². The van der Waals surface area contributed by atoms with Crippen LogP contribution in [-0.4, -0.2) is 19.5 Å². The van der Waals surface area contributed by atoms with Crippen molar-refractivity contribution in [1.82, 2.24) is 19.5 Å². The molecule has 0 radical (unpaired) electrons. The fourth-order valence-electron chi connectivity index (χ4n) is 7.20. The molecule has 0 unspecified atom stereocenters. The highest BCUT2D eigenvalue weighted by molar-refractivity contribution is 6.17. The Bertz CT molecular complexity index is 2800. The lowest BCUT2D eigenvalue weighted by atomic mass is 10.0. The molecule has 0 fully saturated rings. The summed E-state index contributed by atoms with van der Waals surface area (Å²) in [5.41, 5.74) is 9.84. The molecule has 3 heterocycles. The van der Waals surface area contributed by atoms with Crippen LogP contribution in [0.2, 0.25) is 0 Å². The van der Waals surface area contributed by atoms with Gasteiger partial charge in [-0.2, -0.15) is 0 Å². The van der Waals surface area contributed by atoms with E-state index in [4.69, 9.17) is 19.4 Å². The molecule has 0 N–H and O–H groups in total. The fraction of sp³-hybridized carbons (Fsp3) is 0. The van der Waals surface area contributed by atoms with Gasteiger partial charge in [0.2, 0.25) is 0 Å². The summed E-state index contributed by atoms with van der Waals surface area (Å²) in [7, 11) is 0. The summed E-state index contributed by atoms with van der Waals surface area (Å²) in [6.07, 6.45) is 0. The molecule has 10 rings (SSSR count). The van der Waals surface area contributed by atoms with E-state index in [2.05, 4.69) is 102 Å². The standard InChI is InChI=1S/C45H28N4O/c1-4-15-29(16-5-1)33-23-14-24-35-34-21-10-12-25-37(34)49(42(33)35)38-27-32(28-40-41(38)36-22-11-13-26-39(36)50-40)45-47-43(30-17-6-2-7-18-30)46-44(48-45)31-19-8-3-9-20-31/h1-28H. The minimum absolute atomic E-state index is 0.574. The van der Waals surface area contributed by atoms with Crippen molar-refractivity contribution in [3.05, 3.63) is 170 Å². The molecular formula is C45H28N4O. The molecule has 0 aliphatic rings. The predicted molar refractivity (Wildman–Crippen MR) is 203 cm³/mol. The van der Waals surface area contributed by atoms with E-state index in [0.29, 0.717) is 17.5 Å². The first kappa shape index (κ1) is 28.2. The summed E-state index contributed by atoms with van der Waals surface area (Å²) < 4.78 is 9.04. The molecule has 5 heteroatoms. The maximum atomic E-state index is 6.64. The molecule has 0 atom stereocenters. The number of rotatable bonds is 5. The number of hydrogen-bond acceptors (Lipinski definition) is 4. The normalized spacial score (nSPS) is 11.6. The van der Waals surface area contributed by atoms with Crippen molar-refractivity contribution < 1.29 is 4.42 Å². The molecule has 0 saturated heterocycles. The van der Waals surface area contributed by atoms with Gasteiger partial charge in [-0.3, -0.25) is 0 Å². The highest BCUT2D eigenvalue weighted by atomic mass is 16.3. The number of nitrogens with zero attached hydrogens (tertiary/aromatic N) is 4. The van der Waals surface area contributed by atoms with Gasteiger partial charge in [-0.1, -0.05) is 146 Å². The molecule has 0 spiro atoms. The fourth-order valence-corrected chi connectivity index (χ4v) is 7.20. The zero-order chi connectivity index (χ0) is 33.0. The van der Waals surface area contributed by atoms with Crippen molar-refractivity contribution in [3.63, 3.8) is 0 Å². The Balaban J connectivity index is 1.33. The lowest BCUT2D eigenvalue weighted by Gasteiger charge is -2.15. The van der Waals surface area contributed by atoms with E-state index in [1.807, 2.05) is 72.8 Å². The van der Waals surface area contributed by atoms with E-state index in [0.717, 1.165) is 66.5 Å². The van der Waals surface area contributed by atoms with E-state index in [9.17, 15) is 0 Å². The summed E-state index contributed by atoms with van der Waals surface area (Å²) in [4.78, 5) is 15.1. The molecule has 0 saturated carbocycles. The van der Waals surface area contributed by atoms with Gasteiger partial charge < -0.3 is 8.98 Å². The van der Waals surface area contributed by atoms with Crippen LogP contribution < -0.4 is 0 Å². The summed E-state index contributed by atoms with van der Waals surface area (Å²) in [5, 5.41) is 4.46. The van der Waals surface area contributed by atoms with Crippen molar-refractivity contribution in [1.29, 1.82) is 0 Å². The first-order chi connectivity index (χ1) is 24.8. The second-order valence-corrected chi connectivity index (χ2v) is 12.4. The van der Waals surface area contributed by atoms with E-state index < -0.39 is 0 Å². The predicted octanol–water partition coefficient (Wildman–Crippen LogP) is 11.5. The van der Waals surface area contributed by atoms with Crippen molar-refractivity contribution in [2.45, 2.75) is 0 Å². The largest absolute Gasteiger partial charge is 0.456 e. The quantitative estimate of drug-likeness (QED) is 0.188. The Kier molecular flexibility index (Phi) is 6.42. The van der Waals surface area contributed by atoms with Gasteiger partial charge in [-0.05, 0) is 29.8 Å². The number of fused-ring (bicyclic) bond motifs is 6. The minimum Gasteiger partial charge on any atom is -0.456 e. The van der Waals surface area contributed by atoms with Gasteiger partial charge in [0, 0.05) is 38.4 Å². The first-order valence-electron chi connectivity index (χ1n) is 16.7. The van der Waals surface area contributed by atoms with Crippen LogP contribution >= 0.6 is 0 Å². The molecule has 3 aromatic heterocycles. The van der Waals surface area contributed by atoms with Crippen molar-refractivity contribution in [3.8, 4) is 51.0 Å². The van der Waals surface area contributed by atoms with Gasteiger partial charge in [-0.25, -0.2) is 15.0 Å². The SMILES string of the molecule is c1ccc(-c2nc(-c3ccccc3)nc(-c3cc(-n4c5ccccc5c5cccc(-c6ccccc6)c54)c4c(c3)oc3ccccc34)n2)cc1. The summed E-state index contributed by atoms with van der Waals surface area (Å²) in [6, 6.07) is 58.5. The highest BCUT2D eigenvalue weighted by Gasteiger charge is 2.22. The van der Waals surface area contributed by atoms with Gasteiger partial charge in [0.1, 0.15) is 11.2 Å². The Morgan fingerprint density at radius 2 is 0.940 bits per heavy atom. The number of furan rings is 1. The smallest absolute Gasteiger partial charge is 0.164 e. The molecule has 0 aliphatic heterocycles. The van der Waals surface area contributed by atoms with Crippen LogP contribution in [0.4, 0.5) is 0 Å². The molecule has 7 aromatic carbocycles. The second-order valence-electron chi connectivity index (χ2n) is 12.4. The lowest BCUT2D eigenvalue weighted by Crippen LogP contribution is -2.02. The van der Waals surface area contributed by atoms with Crippen LogP contribution in [0.3, 0.4) is 0 Å². The monoisotopic (exact) mass is 640 g/mol. The molecular weight excluding hydrogens is 613 g/mol. The zero-order valence-electron chi connectivity index (χ0n) is 26.9. The zero-order valence-corrected chi connectivity index (χ0v) is 26.9. The van der Waals surface area contributed by atoms with E-state index in [1.54, 1.807) is 0 Å². The second kappa shape index (κ2) is 11.4. The van der Waals surface area contributed by atoms with Gasteiger partial charge in [0.15, 0.2) is 17.5 Å². The van der Waals surface area contributed by atoms with E-state index >= 15 is 0 Å². The topological polar surface area (TPSA) is 56.7 Å². The van der Waals surface area contributed by atoms with Crippen LogP contribution in [0.1, 0.15) is 0 Å². The van der Waals surface area contributed by atoms with Crippen molar-refractivity contribution >= 4 is 43.7 Å². The average Bonchev–Trinajstić information content (AvgIpc) is 3.74. The first-order valence-corrected chi connectivity index (χ1v) is 16.7. The number of aromatic nitrogens is 4. The Morgan fingerprint density at radius 3 is 1.62 bits per heavy atom. The van der Waals surface area contributed by atoms with Crippen molar-refractivity contribution in [2.75, 3.05) is 0 Å². The molecule has 0 bridgehead atoms. The maximum Gasteiger partial charge on any atom is 0.164 e. The summed E-state index contributed by atoms with van der Waals surface area (Å²) in [6.45, 7) is 0. The molecule has 50 heavy (non-hydrogen) atoms. The van der Waals surface area contributed by atoms with E-state index in [-0.39, 0.29) is 0 Å². The van der Waals surface area contributed by atoms with E-state index in [1.165, 1.54) is 10.8 Å². The minimum atomic E-state index is 0.574. The van der Waals surface area contributed by atoms with Crippen molar-refractivity contribution in [2.24, 2.45) is 0 Å². The molecule has 234 valence electrons. The van der Waals surface area contributed by atoms with Gasteiger partial charge in [-0.15, -0.1) is 0 Å². The van der Waals surface area contributed by atoms with Crippen LogP contribution in [0.25, 0.3) is 94.7 Å². The number of benzene rings is 7. The van der Waals surface area contributed by atoms with Crippen LogP contribution in [0.5, 0.6) is 0 Å². The molecule has 0 amide bonds. The summed E-state index contributed by atoms with van der Waals surface area (Å²) >= 11 is 0. The third-order valence-corrected chi connectivity index (χ3v) is 9.44. The van der Waals surface area contributed by atoms with Gasteiger partial charge in [0.25, 0.3) is 0 Å². The number of para-hydroxylation sites is 3. The maximum absolute atomic E-state index is 6.64. The Hall–Kier alpha value is -6.85. The average molecular weight is 641 g/mol.